The van der Waals surface area contributed by atoms with Gasteiger partial charge in [0.2, 0.25) is 5.91 Å². The van der Waals surface area contributed by atoms with Crippen LogP contribution >= 0.6 is 0 Å². The maximum Gasteiger partial charge on any atom is 0.251 e. The molecule has 6 nitrogen and oxygen atoms in total. The van der Waals surface area contributed by atoms with Crippen molar-refractivity contribution in [3.05, 3.63) is 70.0 Å². The van der Waals surface area contributed by atoms with Gasteiger partial charge < -0.3 is 10.2 Å². The first-order valence-electron chi connectivity index (χ1n) is 11.1. The molecule has 5 rings (SSSR count). The summed E-state index contributed by atoms with van der Waals surface area (Å²) in [6.45, 7) is 1.60. The van der Waals surface area contributed by atoms with Crippen molar-refractivity contribution in [3.8, 4) is 0 Å². The topological polar surface area (TPSA) is 67.2 Å². The van der Waals surface area contributed by atoms with E-state index in [1.165, 1.54) is 24.1 Å². The largest absolute Gasteiger partial charge is 0.353 e. The molecule has 0 radical (unpaired) electrons. The van der Waals surface area contributed by atoms with E-state index in [1.54, 1.807) is 22.9 Å². The van der Waals surface area contributed by atoms with Crippen molar-refractivity contribution < 1.29 is 9.18 Å². The number of pyridine rings is 2. The summed E-state index contributed by atoms with van der Waals surface area (Å²) in [5.74, 6) is -0.214. The number of allylic oxidation sites excluding steroid dienone is 1. The third kappa shape index (κ3) is 3.77. The molecule has 7 heteroatoms. The Kier molecular flexibility index (Phi) is 5.34. The number of aromatic nitrogens is 2. The Hall–Kier alpha value is -2.96. The average Bonchev–Trinajstić information content (AvgIpc) is 2.79. The van der Waals surface area contributed by atoms with Crippen LogP contribution < -0.4 is 15.8 Å². The molecule has 0 saturated carbocycles. The Bertz CT molecular complexity index is 1080. The summed E-state index contributed by atoms with van der Waals surface area (Å²) in [4.78, 5) is 32.3. The zero-order chi connectivity index (χ0) is 21.4. The van der Waals surface area contributed by atoms with Crippen LogP contribution in [0.1, 0.15) is 49.8 Å². The Morgan fingerprint density at radius 3 is 2.90 bits per heavy atom. The molecule has 4 heterocycles. The summed E-state index contributed by atoms with van der Waals surface area (Å²) in [7, 11) is 0. The average molecular weight is 423 g/mol. The zero-order valence-electron chi connectivity index (χ0n) is 17.5. The number of halogens is 1. The molecule has 0 aromatic carbocycles. The quantitative estimate of drug-likeness (QED) is 0.769. The molecule has 3 aliphatic rings. The highest BCUT2D eigenvalue weighted by molar-refractivity contribution is 5.81. The van der Waals surface area contributed by atoms with Gasteiger partial charge in [0.05, 0.1) is 0 Å². The maximum absolute atomic E-state index is 14.4. The normalized spacial score (nSPS) is 24.9. The van der Waals surface area contributed by atoms with E-state index < -0.39 is 6.04 Å². The van der Waals surface area contributed by atoms with Crippen LogP contribution in [-0.2, 0) is 4.79 Å². The van der Waals surface area contributed by atoms with Crippen LogP contribution in [0.5, 0.6) is 0 Å². The minimum atomic E-state index is -0.598. The van der Waals surface area contributed by atoms with Gasteiger partial charge in [-0.3, -0.25) is 14.2 Å². The lowest BCUT2D eigenvalue weighted by Gasteiger charge is -2.46. The number of carbonyl (C=O) groups is 1. The van der Waals surface area contributed by atoms with Gasteiger partial charge in [-0.25, -0.2) is 9.37 Å². The molecule has 0 unspecified atom stereocenters. The summed E-state index contributed by atoms with van der Waals surface area (Å²) >= 11 is 0. The number of carbonyl (C=O) groups excluding carboxylic acids is 1. The number of rotatable bonds is 4. The van der Waals surface area contributed by atoms with E-state index in [1.807, 2.05) is 11.0 Å². The second kappa shape index (κ2) is 8.29. The molecular formula is C24H27FN4O2. The minimum Gasteiger partial charge on any atom is -0.353 e. The number of hydrogen-bond acceptors (Lipinski definition) is 4. The van der Waals surface area contributed by atoms with Crippen molar-refractivity contribution in [1.82, 2.24) is 14.9 Å². The Labute approximate surface area is 180 Å². The third-order valence-corrected chi connectivity index (χ3v) is 6.83. The fourth-order valence-corrected chi connectivity index (χ4v) is 5.42. The fraction of sp³-hybridized carbons (Fsp3) is 0.458. The Morgan fingerprint density at radius 1 is 1.19 bits per heavy atom. The number of nitrogens with zero attached hydrogens (tertiary/aromatic N) is 3. The first-order chi connectivity index (χ1) is 15.1. The predicted octanol–water partition coefficient (Wildman–Crippen LogP) is 3.16. The minimum absolute atomic E-state index is 0.0548. The molecule has 2 aliphatic heterocycles. The van der Waals surface area contributed by atoms with Crippen molar-refractivity contribution in [2.24, 2.45) is 5.92 Å². The van der Waals surface area contributed by atoms with Crippen molar-refractivity contribution in [2.45, 2.75) is 44.1 Å². The number of piperidine rings is 1. The summed E-state index contributed by atoms with van der Waals surface area (Å²) in [6.07, 6.45) is 9.03. The molecular weight excluding hydrogens is 395 g/mol. The molecule has 1 amide bonds. The molecule has 2 aromatic heterocycles. The van der Waals surface area contributed by atoms with Crippen LogP contribution in [0.2, 0.25) is 0 Å². The number of amides is 1. The molecule has 2 aromatic rings. The van der Waals surface area contributed by atoms with Crippen LogP contribution in [-0.4, -0.2) is 35.1 Å². The van der Waals surface area contributed by atoms with E-state index in [0.717, 1.165) is 31.4 Å². The van der Waals surface area contributed by atoms with Crippen molar-refractivity contribution in [2.75, 3.05) is 24.5 Å². The van der Waals surface area contributed by atoms with E-state index in [-0.39, 0.29) is 29.1 Å². The van der Waals surface area contributed by atoms with E-state index >= 15 is 0 Å². The van der Waals surface area contributed by atoms with E-state index in [0.29, 0.717) is 25.5 Å². The van der Waals surface area contributed by atoms with E-state index in [4.69, 9.17) is 0 Å². The molecule has 3 atom stereocenters. The van der Waals surface area contributed by atoms with Crippen molar-refractivity contribution in [1.29, 1.82) is 0 Å². The van der Waals surface area contributed by atoms with Gasteiger partial charge in [0.15, 0.2) is 11.6 Å². The smallest absolute Gasteiger partial charge is 0.251 e. The Balaban J connectivity index is 1.46. The molecule has 1 saturated heterocycles. The summed E-state index contributed by atoms with van der Waals surface area (Å²) in [6, 6.07) is 7.58. The SMILES string of the molecule is O=C(NCC1=CCCCC1)[C@H]1[C@H]2C[C@H](CN(c3ncccc3F)C2)c2cccc(=O)n21. The highest BCUT2D eigenvalue weighted by Gasteiger charge is 2.44. The van der Waals surface area contributed by atoms with Crippen LogP contribution in [0.4, 0.5) is 10.2 Å². The maximum atomic E-state index is 14.4. The summed E-state index contributed by atoms with van der Waals surface area (Å²) in [5.41, 5.74) is 1.96. The second-order valence-corrected chi connectivity index (χ2v) is 8.84. The predicted molar refractivity (Wildman–Crippen MR) is 117 cm³/mol. The van der Waals surface area contributed by atoms with E-state index in [9.17, 15) is 14.0 Å². The summed E-state index contributed by atoms with van der Waals surface area (Å²) in [5, 5.41) is 3.08. The van der Waals surface area contributed by atoms with Gasteiger partial charge in [0.1, 0.15) is 6.04 Å². The fourth-order valence-electron chi connectivity index (χ4n) is 5.42. The Morgan fingerprint density at radius 2 is 2.10 bits per heavy atom. The first kappa shape index (κ1) is 20.0. The standard InChI is InChI=1S/C24H27FN4O2/c25-19-8-5-11-26-23(19)28-14-17-12-18(15-28)22(29-20(17)9-4-10-21(29)30)24(31)27-13-16-6-2-1-3-7-16/h4-6,8-11,17-18,22H,1-3,7,12-15H2,(H,27,31)/t17-,18+,22-/m1/s1. The highest BCUT2D eigenvalue weighted by Crippen LogP contribution is 2.42. The van der Waals surface area contributed by atoms with Gasteiger partial charge in [-0.15, -0.1) is 0 Å². The van der Waals surface area contributed by atoms with Gasteiger partial charge >= 0.3 is 0 Å². The molecule has 162 valence electrons. The molecule has 2 bridgehead atoms. The molecule has 1 aliphatic carbocycles. The lowest BCUT2D eigenvalue weighted by Crippen LogP contribution is -2.53. The van der Waals surface area contributed by atoms with Gasteiger partial charge in [-0.2, -0.15) is 0 Å². The lowest BCUT2D eigenvalue weighted by molar-refractivity contribution is -0.126. The summed E-state index contributed by atoms with van der Waals surface area (Å²) < 4.78 is 16.1. The van der Waals surface area contributed by atoms with Crippen LogP contribution in [0, 0.1) is 11.7 Å². The third-order valence-electron chi connectivity index (χ3n) is 6.83. The van der Waals surface area contributed by atoms with Gasteiger partial charge in [-0.1, -0.05) is 17.7 Å². The number of hydrogen-bond donors (Lipinski definition) is 1. The van der Waals surface area contributed by atoms with Gasteiger partial charge in [0, 0.05) is 49.4 Å². The van der Waals surface area contributed by atoms with Crippen molar-refractivity contribution >= 4 is 11.7 Å². The number of anilines is 1. The molecule has 0 spiro atoms. The van der Waals surface area contributed by atoms with Gasteiger partial charge in [-0.05, 0) is 50.3 Å². The zero-order valence-corrected chi connectivity index (χ0v) is 17.5. The number of fused-ring (bicyclic) bond motifs is 4. The first-order valence-corrected chi connectivity index (χ1v) is 11.1. The second-order valence-electron chi connectivity index (χ2n) is 8.84. The van der Waals surface area contributed by atoms with Crippen LogP contribution in [0.25, 0.3) is 0 Å². The lowest BCUT2D eigenvalue weighted by atomic mass is 9.78. The molecule has 1 N–H and O–H groups in total. The van der Waals surface area contributed by atoms with E-state index in [2.05, 4.69) is 16.4 Å². The monoisotopic (exact) mass is 422 g/mol. The molecule has 31 heavy (non-hydrogen) atoms. The van der Waals surface area contributed by atoms with Crippen LogP contribution in [0.3, 0.4) is 0 Å². The molecule has 1 fully saturated rings. The van der Waals surface area contributed by atoms with Gasteiger partial charge in [0.25, 0.3) is 5.56 Å². The highest BCUT2D eigenvalue weighted by atomic mass is 19.1. The van der Waals surface area contributed by atoms with Crippen molar-refractivity contribution in [3.63, 3.8) is 0 Å². The number of nitrogens with one attached hydrogen (secondary N) is 1. The van der Waals surface area contributed by atoms with Crippen LogP contribution in [0.15, 0.2) is 53.0 Å².